The van der Waals surface area contributed by atoms with E-state index >= 15 is 0 Å². The molecule has 2 nitrogen and oxygen atoms in total. The molecular weight excluding hydrogens is 252 g/mol. The second-order valence-corrected chi connectivity index (χ2v) is 5.16. The van der Waals surface area contributed by atoms with Gasteiger partial charge in [-0.2, -0.15) is 0 Å². The standard InChI is InChI=1S/C13H9ClN2S/c14-10-6-5-8(15)7-9(10)13-16-11-3-1-2-4-12(11)17-13/h1-7H,15H2. The molecular formula is C13H9ClN2S. The SMILES string of the molecule is Nc1ccc(Cl)c(-c2nc3ccccc3s2)c1. The lowest BCUT2D eigenvalue weighted by Crippen LogP contribution is -1.86. The predicted octanol–water partition coefficient (Wildman–Crippen LogP) is 4.20. The molecule has 3 aromatic rings. The van der Waals surface area contributed by atoms with Crippen molar-refractivity contribution < 1.29 is 0 Å². The summed E-state index contributed by atoms with van der Waals surface area (Å²) in [6.45, 7) is 0. The van der Waals surface area contributed by atoms with E-state index in [9.17, 15) is 0 Å². The summed E-state index contributed by atoms with van der Waals surface area (Å²) in [6, 6.07) is 13.5. The summed E-state index contributed by atoms with van der Waals surface area (Å²) in [4.78, 5) is 4.56. The number of benzene rings is 2. The predicted molar refractivity (Wildman–Crippen MR) is 74.5 cm³/mol. The molecule has 0 fully saturated rings. The van der Waals surface area contributed by atoms with Crippen LogP contribution in [-0.2, 0) is 0 Å². The lowest BCUT2D eigenvalue weighted by Gasteiger charge is -2.01. The molecule has 84 valence electrons. The zero-order chi connectivity index (χ0) is 11.8. The van der Waals surface area contributed by atoms with Crippen LogP contribution in [0, 0.1) is 0 Å². The summed E-state index contributed by atoms with van der Waals surface area (Å²) in [7, 11) is 0. The molecule has 17 heavy (non-hydrogen) atoms. The fraction of sp³-hybridized carbons (Fsp3) is 0. The Hall–Kier alpha value is -1.58. The topological polar surface area (TPSA) is 38.9 Å². The van der Waals surface area contributed by atoms with Crippen LogP contribution in [0.25, 0.3) is 20.8 Å². The summed E-state index contributed by atoms with van der Waals surface area (Å²) in [6.07, 6.45) is 0. The van der Waals surface area contributed by atoms with Gasteiger partial charge in [0.1, 0.15) is 5.01 Å². The normalized spacial score (nSPS) is 10.9. The van der Waals surface area contributed by atoms with Crippen molar-refractivity contribution in [1.82, 2.24) is 4.98 Å². The van der Waals surface area contributed by atoms with Crippen LogP contribution in [-0.4, -0.2) is 4.98 Å². The Kier molecular flexibility index (Phi) is 2.50. The number of fused-ring (bicyclic) bond motifs is 1. The van der Waals surface area contributed by atoms with Gasteiger partial charge in [-0.05, 0) is 30.3 Å². The van der Waals surface area contributed by atoms with E-state index < -0.39 is 0 Å². The van der Waals surface area contributed by atoms with Crippen LogP contribution in [0.4, 0.5) is 5.69 Å². The molecule has 3 rings (SSSR count). The van der Waals surface area contributed by atoms with Crippen LogP contribution in [0.2, 0.25) is 5.02 Å². The quantitative estimate of drug-likeness (QED) is 0.666. The van der Waals surface area contributed by atoms with Crippen molar-refractivity contribution in [2.75, 3.05) is 5.73 Å². The average Bonchev–Trinajstić information content (AvgIpc) is 2.75. The monoisotopic (exact) mass is 260 g/mol. The Balaban J connectivity index is 2.23. The number of nitrogens with two attached hydrogens (primary N) is 1. The van der Waals surface area contributed by atoms with Gasteiger partial charge in [0, 0.05) is 11.3 Å². The minimum absolute atomic E-state index is 0.679. The molecule has 2 aromatic carbocycles. The van der Waals surface area contributed by atoms with E-state index in [0.29, 0.717) is 10.7 Å². The maximum atomic E-state index is 6.17. The summed E-state index contributed by atoms with van der Waals surface area (Å²) in [5, 5.41) is 1.58. The Labute approximate surface area is 108 Å². The van der Waals surface area contributed by atoms with E-state index in [4.69, 9.17) is 17.3 Å². The fourth-order valence-electron chi connectivity index (χ4n) is 1.69. The van der Waals surface area contributed by atoms with Gasteiger partial charge >= 0.3 is 0 Å². The number of anilines is 1. The van der Waals surface area contributed by atoms with Crippen molar-refractivity contribution in [3.05, 3.63) is 47.5 Å². The largest absolute Gasteiger partial charge is 0.399 e. The van der Waals surface area contributed by atoms with Gasteiger partial charge in [-0.3, -0.25) is 0 Å². The highest BCUT2D eigenvalue weighted by atomic mass is 35.5. The van der Waals surface area contributed by atoms with E-state index in [0.717, 1.165) is 20.8 Å². The molecule has 1 aromatic heterocycles. The molecule has 0 aliphatic rings. The van der Waals surface area contributed by atoms with Crippen molar-refractivity contribution in [1.29, 1.82) is 0 Å². The highest BCUT2D eigenvalue weighted by Crippen LogP contribution is 2.35. The second kappa shape index (κ2) is 4.02. The highest BCUT2D eigenvalue weighted by Gasteiger charge is 2.09. The van der Waals surface area contributed by atoms with Crippen molar-refractivity contribution in [3.8, 4) is 10.6 Å². The van der Waals surface area contributed by atoms with Gasteiger partial charge in [0.2, 0.25) is 0 Å². The lowest BCUT2D eigenvalue weighted by atomic mass is 10.2. The molecule has 0 atom stereocenters. The van der Waals surface area contributed by atoms with Crippen molar-refractivity contribution in [2.24, 2.45) is 0 Å². The van der Waals surface area contributed by atoms with E-state index in [1.807, 2.05) is 24.3 Å². The van der Waals surface area contributed by atoms with E-state index in [1.54, 1.807) is 23.5 Å². The number of para-hydroxylation sites is 1. The van der Waals surface area contributed by atoms with Crippen LogP contribution >= 0.6 is 22.9 Å². The Bertz CT molecular complexity index is 658. The van der Waals surface area contributed by atoms with Crippen molar-refractivity contribution in [3.63, 3.8) is 0 Å². The third kappa shape index (κ3) is 1.88. The number of nitrogen functional groups attached to an aromatic ring is 1. The van der Waals surface area contributed by atoms with Crippen LogP contribution in [0.5, 0.6) is 0 Å². The Morgan fingerprint density at radius 3 is 2.76 bits per heavy atom. The van der Waals surface area contributed by atoms with Gasteiger partial charge in [-0.25, -0.2) is 4.98 Å². The van der Waals surface area contributed by atoms with E-state index in [2.05, 4.69) is 11.1 Å². The molecule has 0 amide bonds. The van der Waals surface area contributed by atoms with E-state index in [1.165, 1.54) is 0 Å². The molecule has 0 unspecified atom stereocenters. The maximum Gasteiger partial charge on any atom is 0.126 e. The van der Waals surface area contributed by atoms with Crippen molar-refractivity contribution >= 4 is 38.8 Å². The van der Waals surface area contributed by atoms with Crippen LogP contribution in [0.15, 0.2) is 42.5 Å². The zero-order valence-electron chi connectivity index (χ0n) is 8.85. The molecule has 0 radical (unpaired) electrons. The van der Waals surface area contributed by atoms with Gasteiger partial charge in [-0.1, -0.05) is 23.7 Å². The van der Waals surface area contributed by atoms with E-state index in [-0.39, 0.29) is 0 Å². The fourth-order valence-corrected chi connectivity index (χ4v) is 2.95. The minimum Gasteiger partial charge on any atom is -0.399 e. The van der Waals surface area contributed by atoms with Crippen LogP contribution < -0.4 is 5.73 Å². The number of hydrogen-bond acceptors (Lipinski definition) is 3. The molecule has 0 saturated heterocycles. The lowest BCUT2D eigenvalue weighted by molar-refractivity contribution is 1.48. The minimum atomic E-state index is 0.679. The molecule has 0 spiro atoms. The van der Waals surface area contributed by atoms with Gasteiger partial charge < -0.3 is 5.73 Å². The molecule has 0 saturated carbocycles. The Morgan fingerprint density at radius 2 is 1.94 bits per heavy atom. The Morgan fingerprint density at radius 1 is 1.12 bits per heavy atom. The van der Waals surface area contributed by atoms with Gasteiger partial charge in [0.15, 0.2) is 0 Å². The smallest absolute Gasteiger partial charge is 0.126 e. The molecule has 0 aliphatic heterocycles. The number of aromatic nitrogens is 1. The first-order valence-electron chi connectivity index (χ1n) is 5.15. The number of thiazole rings is 1. The average molecular weight is 261 g/mol. The highest BCUT2D eigenvalue weighted by molar-refractivity contribution is 7.21. The van der Waals surface area contributed by atoms with Crippen LogP contribution in [0.3, 0.4) is 0 Å². The maximum absolute atomic E-state index is 6.17. The molecule has 4 heteroatoms. The number of hydrogen-bond donors (Lipinski definition) is 1. The first-order chi connectivity index (χ1) is 8.24. The third-order valence-corrected chi connectivity index (χ3v) is 3.91. The summed E-state index contributed by atoms with van der Waals surface area (Å²) >= 11 is 7.79. The van der Waals surface area contributed by atoms with Gasteiger partial charge in [0.05, 0.1) is 15.2 Å². The first-order valence-corrected chi connectivity index (χ1v) is 6.34. The third-order valence-electron chi connectivity index (χ3n) is 2.51. The molecule has 0 bridgehead atoms. The van der Waals surface area contributed by atoms with Gasteiger partial charge in [0.25, 0.3) is 0 Å². The van der Waals surface area contributed by atoms with Crippen LogP contribution in [0.1, 0.15) is 0 Å². The summed E-state index contributed by atoms with van der Waals surface area (Å²) < 4.78 is 1.15. The number of nitrogens with zero attached hydrogens (tertiary/aromatic N) is 1. The molecule has 0 aliphatic carbocycles. The number of halogens is 1. The first kappa shape index (κ1) is 10.6. The van der Waals surface area contributed by atoms with Crippen molar-refractivity contribution in [2.45, 2.75) is 0 Å². The summed E-state index contributed by atoms with van der Waals surface area (Å²) in [5.41, 5.74) is 8.36. The van der Waals surface area contributed by atoms with Gasteiger partial charge in [-0.15, -0.1) is 11.3 Å². The molecule has 2 N–H and O–H groups in total. The summed E-state index contributed by atoms with van der Waals surface area (Å²) in [5.74, 6) is 0. The molecule has 1 heterocycles. The number of rotatable bonds is 1. The second-order valence-electron chi connectivity index (χ2n) is 3.73. The zero-order valence-corrected chi connectivity index (χ0v) is 10.4.